The van der Waals surface area contributed by atoms with Gasteiger partial charge in [0.1, 0.15) is 16.8 Å². The number of ether oxygens (including phenoxy) is 1. The minimum atomic E-state index is -0.809. The number of benzene rings is 2. The van der Waals surface area contributed by atoms with Gasteiger partial charge in [0.05, 0.1) is 17.9 Å². The number of amides is 1. The summed E-state index contributed by atoms with van der Waals surface area (Å²) in [7, 11) is 0. The molecule has 0 bridgehead atoms. The van der Waals surface area contributed by atoms with E-state index in [2.05, 4.69) is 10.4 Å². The Balaban J connectivity index is 1.58. The highest BCUT2D eigenvalue weighted by atomic mass is 35.5. The lowest BCUT2D eigenvalue weighted by Crippen LogP contribution is -2.20. The van der Waals surface area contributed by atoms with E-state index in [1.807, 2.05) is 31.2 Å². The van der Waals surface area contributed by atoms with Gasteiger partial charge in [-0.3, -0.25) is 4.79 Å². The van der Waals surface area contributed by atoms with Gasteiger partial charge in [-0.25, -0.2) is 18.3 Å². The quantitative estimate of drug-likeness (QED) is 0.411. The van der Waals surface area contributed by atoms with Crippen LogP contribution in [0.25, 0.3) is 6.08 Å². The number of rotatable bonds is 7. The summed E-state index contributed by atoms with van der Waals surface area (Å²) in [6.45, 7) is 3.55. The SMILES string of the molecule is Cc1ccc(Cn2nc(C)c(/C=C/C(=O)OCC(=O)Nc3cc(F)ccc3F)c2Cl)cc1. The highest BCUT2D eigenvalue weighted by Gasteiger charge is 2.13. The maximum atomic E-state index is 13.5. The topological polar surface area (TPSA) is 73.2 Å². The van der Waals surface area contributed by atoms with Crippen molar-refractivity contribution in [1.82, 2.24) is 9.78 Å². The molecular weight excluding hydrogens is 440 g/mol. The summed E-state index contributed by atoms with van der Waals surface area (Å²) < 4.78 is 33.2. The van der Waals surface area contributed by atoms with Crippen LogP contribution < -0.4 is 5.32 Å². The van der Waals surface area contributed by atoms with Gasteiger partial charge in [-0.1, -0.05) is 41.4 Å². The number of aromatic nitrogens is 2. The highest BCUT2D eigenvalue weighted by Crippen LogP contribution is 2.22. The number of aryl methyl sites for hydroxylation is 2. The molecule has 9 heteroatoms. The molecule has 3 rings (SSSR count). The molecule has 0 radical (unpaired) electrons. The highest BCUT2D eigenvalue weighted by molar-refractivity contribution is 6.31. The molecule has 6 nitrogen and oxygen atoms in total. The summed E-state index contributed by atoms with van der Waals surface area (Å²) in [6.07, 6.45) is 2.56. The Morgan fingerprint density at radius 1 is 1.16 bits per heavy atom. The Hall–Kier alpha value is -3.52. The van der Waals surface area contributed by atoms with Gasteiger partial charge in [-0.15, -0.1) is 0 Å². The molecule has 1 amide bonds. The van der Waals surface area contributed by atoms with Gasteiger partial charge in [0.2, 0.25) is 0 Å². The molecule has 1 N–H and O–H groups in total. The van der Waals surface area contributed by atoms with Gasteiger partial charge in [0.25, 0.3) is 5.91 Å². The third-order valence-electron chi connectivity index (χ3n) is 4.50. The van der Waals surface area contributed by atoms with Gasteiger partial charge >= 0.3 is 5.97 Å². The first-order valence-corrected chi connectivity index (χ1v) is 9.99. The molecule has 0 spiro atoms. The lowest BCUT2D eigenvalue weighted by Gasteiger charge is -2.06. The van der Waals surface area contributed by atoms with E-state index in [-0.39, 0.29) is 5.69 Å². The predicted molar refractivity (Wildman–Crippen MR) is 117 cm³/mol. The minimum absolute atomic E-state index is 0.343. The second-order valence-corrected chi connectivity index (χ2v) is 7.40. The van der Waals surface area contributed by atoms with Crippen LogP contribution in [0, 0.1) is 25.5 Å². The lowest BCUT2D eigenvalue weighted by atomic mass is 10.1. The Bertz CT molecular complexity index is 1170. The third-order valence-corrected chi connectivity index (χ3v) is 4.90. The van der Waals surface area contributed by atoms with E-state index in [1.54, 1.807) is 11.6 Å². The van der Waals surface area contributed by atoms with Crippen LogP contribution in [0.3, 0.4) is 0 Å². The van der Waals surface area contributed by atoms with Crippen LogP contribution in [0.5, 0.6) is 0 Å². The zero-order valence-corrected chi connectivity index (χ0v) is 18.1. The standard InChI is InChI=1S/C23H20ClF2N3O3/c1-14-3-5-16(6-4-14)12-29-23(24)18(15(2)28-29)8-10-22(31)32-13-21(30)27-20-11-17(25)7-9-19(20)26/h3-11H,12-13H2,1-2H3,(H,27,30)/b10-8+. The number of halogens is 3. The second kappa shape index (κ2) is 10.2. The van der Waals surface area contributed by atoms with E-state index in [9.17, 15) is 18.4 Å². The van der Waals surface area contributed by atoms with Gasteiger partial charge in [0, 0.05) is 17.7 Å². The Morgan fingerprint density at radius 2 is 1.88 bits per heavy atom. The fourth-order valence-corrected chi connectivity index (χ4v) is 3.14. The molecule has 0 aliphatic heterocycles. The first kappa shape index (κ1) is 23.1. The number of nitrogens with zero attached hydrogens (tertiary/aromatic N) is 2. The van der Waals surface area contributed by atoms with Crippen LogP contribution in [-0.4, -0.2) is 28.3 Å². The number of carbonyl (C=O) groups is 2. The first-order valence-electron chi connectivity index (χ1n) is 9.61. The van der Waals surface area contributed by atoms with E-state index >= 15 is 0 Å². The summed E-state index contributed by atoms with van der Waals surface area (Å²) in [5.41, 5.74) is 2.99. The van der Waals surface area contributed by atoms with Crippen molar-refractivity contribution in [2.24, 2.45) is 0 Å². The van der Waals surface area contributed by atoms with Crippen molar-refractivity contribution < 1.29 is 23.1 Å². The zero-order chi connectivity index (χ0) is 23.3. The molecule has 0 saturated heterocycles. The van der Waals surface area contributed by atoms with E-state index in [1.165, 1.54) is 6.08 Å². The van der Waals surface area contributed by atoms with Crippen LogP contribution in [-0.2, 0) is 20.9 Å². The molecule has 0 unspecified atom stereocenters. The van der Waals surface area contributed by atoms with Crippen molar-refractivity contribution in [3.63, 3.8) is 0 Å². The Morgan fingerprint density at radius 3 is 2.59 bits per heavy atom. The fraction of sp³-hybridized carbons (Fsp3) is 0.174. The number of hydrogen-bond donors (Lipinski definition) is 1. The van der Waals surface area contributed by atoms with Crippen LogP contribution >= 0.6 is 11.6 Å². The number of nitrogens with one attached hydrogen (secondary N) is 1. The third kappa shape index (κ3) is 6.01. The van der Waals surface area contributed by atoms with E-state index < -0.39 is 30.1 Å². The first-order chi connectivity index (χ1) is 15.2. The van der Waals surface area contributed by atoms with Crippen molar-refractivity contribution in [1.29, 1.82) is 0 Å². The molecule has 0 saturated carbocycles. The van der Waals surface area contributed by atoms with Crippen LogP contribution in [0.15, 0.2) is 48.5 Å². The normalized spacial score (nSPS) is 11.0. The molecular formula is C23H20ClF2N3O3. The molecule has 2 aromatic carbocycles. The van der Waals surface area contributed by atoms with Crippen LogP contribution in [0.1, 0.15) is 22.4 Å². The van der Waals surface area contributed by atoms with Crippen molar-refractivity contribution in [3.8, 4) is 0 Å². The number of esters is 1. The Kier molecular flexibility index (Phi) is 7.37. The van der Waals surface area contributed by atoms with Crippen molar-refractivity contribution in [2.75, 3.05) is 11.9 Å². The number of hydrogen-bond acceptors (Lipinski definition) is 4. The molecule has 0 aliphatic carbocycles. The lowest BCUT2D eigenvalue weighted by molar-refractivity contribution is -0.142. The molecule has 1 heterocycles. The predicted octanol–water partition coefficient (Wildman–Crippen LogP) is 4.67. The average Bonchev–Trinajstić information content (AvgIpc) is 3.01. The Labute approximate surface area is 188 Å². The van der Waals surface area contributed by atoms with E-state index in [0.29, 0.717) is 23.0 Å². The summed E-state index contributed by atoms with van der Waals surface area (Å²) in [6, 6.07) is 10.6. The van der Waals surface area contributed by atoms with Crippen LogP contribution in [0.4, 0.5) is 14.5 Å². The van der Waals surface area contributed by atoms with E-state index in [0.717, 1.165) is 35.4 Å². The van der Waals surface area contributed by atoms with Crippen molar-refractivity contribution in [2.45, 2.75) is 20.4 Å². The van der Waals surface area contributed by atoms with E-state index in [4.69, 9.17) is 16.3 Å². The molecule has 32 heavy (non-hydrogen) atoms. The molecule has 0 fully saturated rings. The van der Waals surface area contributed by atoms with Gasteiger partial charge in [-0.2, -0.15) is 5.10 Å². The van der Waals surface area contributed by atoms with Gasteiger partial charge in [-0.05, 0) is 37.6 Å². The monoisotopic (exact) mass is 459 g/mol. The summed E-state index contributed by atoms with van der Waals surface area (Å²) in [5, 5.41) is 6.89. The summed E-state index contributed by atoms with van der Waals surface area (Å²) in [4.78, 5) is 23.8. The number of anilines is 1. The molecule has 0 atom stereocenters. The second-order valence-electron chi connectivity index (χ2n) is 7.05. The summed E-state index contributed by atoms with van der Waals surface area (Å²) in [5.74, 6) is -3.13. The van der Waals surface area contributed by atoms with Gasteiger partial charge < -0.3 is 10.1 Å². The average molecular weight is 460 g/mol. The molecule has 1 aromatic heterocycles. The summed E-state index contributed by atoms with van der Waals surface area (Å²) >= 11 is 6.41. The molecule has 0 aliphatic rings. The molecule has 166 valence electrons. The largest absolute Gasteiger partial charge is 0.452 e. The van der Waals surface area contributed by atoms with Crippen molar-refractivity contribution >= 4 is 35.2 Å². The minimum Gasteiger partial charge on any atom is -0.452 e. The van der Waals surface area contributed by atoms with Gasteiger partial charge in [0.15, 0.2) is 6.61 Å². The zero-order valence-electron chi connectivity index (χ0n) is 17.4. The van der Waals surface area contributed by atoms with Crippen molar-refractivity contribution in [3.05, 3.63) is 87.7 Å². The maximum Gasteiger partial charge on any atom is 0.331 e. The fourth-order valence-electron chi connectivity index (χ4n) is 2.84. The molecule has 3 aromatic rings. The smallest absolute Gasteiger partial charge is 0.331 e. The number of carbonyl (C=O) groups excluding carboxylic acids is 2. The van der Waals surface area contributed by atoms with Crippen LogP contribution in [0.2, 0.25) is 5.15 Å². The maximum absolute atomic E-state index is 13.5.